The van der Waals surface area contributed by atoms with Crippen molar-refractivity contribution in [2.24, 2.45) is 0 Å². The standard InChI is InChI=1S/C20H23FN2O3S/c1-15-5-4-6-16(13-15)14-22-20(24)19-7-2-3-12-23(19)27(25,26)18-10-8-17(21)9-11-18/h4-6,8-11,13,19H,2-3,7,12,14H2,1H3,(H,22,24). The number of aryl methyl sites for hydroxylation is 1. The summed E-state index contributed by atoms with van der Waals surface area (Å²) < 4.78 is 40.3. The lowest BCUT2D eigenvalue weighted by Crippen LogP contribution is -2.51. The molecule has 1 amide bonds. The van der Waals surface area contributed by atoms with Gasteiger partial charge in [0.05, 0.1) is 4.90 Å². The third kappa shape index (κ3) is 4.54. The number of benzene rings is 2. The molecule has 3 rings (SSSR count). The molecule has 1 saturated heterocycles. The number of carbonyl (C=O) groups is 1. The molecule has 5 nitrogen and oxygen atoms in total. The van der Waals surface area contributed by atoms with Gasteiger partial charge < -0.3 is 5.32 Å². The molecule has 27 heavy (non-hydrogen) atoms. The van der Waals surface area contributed by atoms with E-state index in [2.05, 4.69) is 5.32 Å². The number of hydrogen-bond acceptors (Lipinski definition) is 3. The minimum atomic E-state index is -3.86. The number of amides is 1. The van der Waals surface area contributed by atoms with Crippen molar-refractivity contribution in [3.05, 3.63) is 65.5 Å². The van der Waals surface area contributed by atoms with E-state index in [9.17, 15) is 17.6 Å². The minimum absolute atomic E-state index is 0.00211. The van der Waals surface area contributed by atoms with Gasteiger partial charge in [-0.2, -0.15) is 4.31 Å². The van der Waals surface area contributed by atoms with Crippen LogP contribution in [0.5, 0.6) is 0 Å². The summed E-state index contributed by atoms with van der Waals surface area (Å²) >= 11 is 0. The van der Waals surface area contributed by atoms with Gasteiger partial charge in [0.15, 0.2) is 0 Å². The summed E-state index contributed by atoms with van der Waals surface area (Å²) in [5, 5.41) is 2.85. The van der Waals surface area contributed by atoms with E-state index < -0.39 is 21.9 Å². The molecule has 1 atom stereocenters. The largest absolute Gasteiger partial charge is 0.351 e. The number of rotatable bonds is 5. The van der Waals surface area contributed by atoms with Gasteiger partial charge in [-0.25, -0.2) is 12.8 Å². The molecule has 1 unspecified atom stereocenters. The van der Waals surface area contributed by atoms with Crippen molar-refractivity contribution >= 4 is 15.9 Å². The zero-order valence-corrected chi connectivity index (χ0v) is 16.0. The second-order valence-corrected chi connectivity index (χ2v) is 8.68. The van der Waals surface area contributed by atoms with Crippen LogP contribution < -0.4 is 5.32 Å². The van der Waals surface area contributed by atoms with Gasteiger partial charge in [0.25, 0.3) is 0 Å². The zero-order chi connectivity index (χ0) is 19.4. The molecule has 1 heterocycles. The lowest BCUT2D eigenvalue weighted by atomic mass is 10.0. The van der Waals surface area contributed by atoms with Crippen molar-refractivity contribution in [1.82, 2.24) is 9.62 Å². The van der Waals surface area contributed by atoms with Crippen molar-refractivity contribution in [3.8, 4) is 0 Å². The Kier molecular flexibility index (Phi) is 5.92. The number of piperidine rings is 1. The quantitative estimate of drug-likeness (QED) is 0.854. The Morgan fingerprint density at radius 3 is 2.63 bits per heavy atom. The highest BCUT2D eigenvalue weighted by atomic mass is 32.2. The Morgan fingerprint density at radius 1 is 1.19 bits per heavy atom. The van der Waals surface area contributed by atoms with Gasteiger partial charge >= 0.3 is 0 Å². The second kappa shape index (κ2) is 8.19. The molecule has 1 aliphatic rings. The fourth-order valence-electron chi connectivity index (χ4n) is 3.33. The Balaban J connectivity index is 1.76. The SMILES string of the molecule is Cc1cccc(CNC(=O)C2CCCCN2S(=O)(=O)c2ccc(F)cc2)c1. The lowest BCUT2D eigenvalue weighted by molar-refractivity contribution is -0.125. The van der Waals surface area contributed by atoms with Crippen LogP contribution in [0.15, 0.2) is 53.4 Å². The van der Waals surface area contributed by atoms with E-state index >= 15 is 0 Å². The van der Waals surface area contributed by atoms with Crippen molar-refractivity contribution in [3.63, 3.8) is 0 Å². The van der Waals surface area contributed by atoms with Crippen molar-refractivity contribution in [2.45, 2.75) is 43.7 Å². The maximum Gasteiger partial charge on any atom is 0.243 e. The molecule has 0 aromatic heterocycles. The fourth-order valence-corrected chi connectivity index (χ4v) is 4.98. The number of nitrogens with one attached hydrogen (secondary N) is 1. The molecule has 1 aliphatic heterocycles. The molecule has 1 fully saturated rings. The first-order chi connectivity index (χ1) is 12.9. The first-order valence-corrected chi connectivity index (χ1v) is 10.4. The number of carbonyl (C=O) groups excluding carboxylic acids is 1. The van der Waals surface area contributed by atoms with Gasteiger partial charge in [-0.05, 0) is 49.6 Å². The van der Waals surface area contributed by atoms with Gasteiger partial charge in [0, 0.05) is 13.1 Å². The summed E-state index contributed by atoms with van der Waals surface area (Å²) in [5.74, 6) is -0.804. The molecule has 0 aliphatic carbocycles. The van der Waals surface area contributed by atoms with Crippen LogP contribution in [0.3, 0.4) is 0 Å². The van der Waals surface area contributed by atoms with Gasteiger partial charge in [0.1, 0.15) is 11.9 Å². The predicted octanol–water partition coefficient (Wildman–Crippen LogP) is 2.99. The van der Waals surface area contributed by atoms with E-state index in [0.717, 1.165) is 29.7 Å². The maximum atomic E-state index is 13.1. The molecule has 2 aromatic rings. The first kappa shape index (κ1) is 19.5. The van der Waals surface area contributed by atoms with E-state index in [0.29, 0.717) is 19.4 Å². The van der Waals surface area contributed by atoms with Crippen LogP contribution in [0, 0.1) is 12.7 Å². The fraction of sp³-hybridized carbons (Fsp3) is 0.350. The van der Waals surface area contributed by atoms with Crippen molar-refractivity contribution in [1.29, 1.82) is 0 Å². The Hall–Kier alpha value is -2.25. The van der Waals surface area contributed by atoms with Crippen LogP contribution in [0.4, 0.5) is 4.39 Å². The van der Waals surface area contributed by atoms with Gasteiger partial charge in [-0.15, -0.1) is 0 Å². The summed E-state index contributed by atoms with van der Waals surface area (Å²) in [6.07, 6.45) is 1.96. The highest BCUT2D eigenvalue weighted by molar-refractivity contribution is 7.89. The normalized spacial score (nSPS) is 18.2. The van der Waals surface area contributed by atoms with Crippen molar-refractivity contribution < 1.29 is 17.6 Å². The van der Waals surface area contributed by atoms with Crippen LogP contribution in [0.25, 0.3) is 0 Å². The number of hydrogen-bond donors (Lipinski definition) is 1. The van der Waals surface area contributed by atoms with Crippen LogP contribution >= 0.6 is 0 Å². The third-order valence-electron chi connectivity index (χ3n) is 4.73. The Bertz CT molecular complexity index is 913. The molecule has 0 bridgehead atoms. The number of nitrogens with zero attached hydrogens (tertiary/aromatic N) is 1. The van der Waals surface area contributed by atoms with Gasteiger partial charge in [0.2, 0.25) is 15.9 Å². The van der Waals surface area contributed by atoms with Crippen LogP contribution in [-0.4, -0.2) is 31.2 Å². The van der Waals surface area contributed by atoms with Crippen LogP contribution in [0.1, 0.15) is 30.4 Å². The molecule has 7 heteroatoms. The maximum absolute atomic E-state index is 13.1. The van der Waals surface area contributed by atoms with E-state index in [1.54, 1.807) is 0 Å². The molecule has 0 saturated carbocycles. The molecule has 2 aromatic carbocycles. The topological polar surface area (TPSA) is 66.5 Å². The Labute approximate surface area is 159 Å². The summed E-state index contributed by atoms with van der Waals surface area (Å²) in [6, 6.07) is 11.7. The molecule has 1 N–H and O–H groups in total. The number of sulfonamides is 1. The molecule has 144 valence electrons. The highest BCUT2D eigenvalue weighted by Gasteiger charge is 2.37. The van der Waals surface area contributed by atoms with Crippen LogP contribution in [-0.2, 0) is 21.4 Å². The van der Waals surface area contributed by atoms with E-state index in [1.165, 1.54) is 16.4 Å². The summed E-state index contributed by atoms with van der Waals surface area (Å²) in [6.45, 7) is 2.60. The molecular formula is C20H23FN2O3S. The van der Waals surface area contributed by atoms with Crippen LogP contribution in [0.2, 0.25) is 0 Å². The van der Waals surface area contributed by atoms with Crippen molar-refractivity contribution in [2.75, 3.05) is 6.54 Å². The predicted molar refractivity (Wildman–Crippen MR) is 101 cm³/mol. The monoisotopic (exact) mass is 390 g/mol. The number of halogens is 1. The average molecular weight is 390 g/mol. The molecule has 0 spiro atoms. The summed E-state index contributed by atoms with van der Waals surface area (Å²) in [7, 11) is -3.86. The lowest BCUT2D eigenvalue weighted by Gasteiger charge is -2.33. The third-order valence-corrected chi connectivity index (χ3v) is 6.65. The zero-order valence-electron chi connectivity index (χ0n) is 15.2. The average Bonchev–Trinajstić information content (AvgIpc) is 2.66. The smallest absolute Gasteiger partial charge is 0.243 e. The molecule has 0 radical (unpaired) electrons. The molecular weight excluding hydrogens is 367 g/mol. The summed E-state index contributed by atoms with van der Waals surface area (Å²) in [4.78, 5) is 12.7. The summed E-state index contributed by atoms with van der Waals surface area (Å²) in [5.41, 5.74) is 2.06. The van der Waals surface area contributed by atoms with E-state index in [4.69, 9.17) is 0 Å². The second-order valence-electron chi connectivity index (χ2n) is 6.79. The minimum Gasteiger partial charge on any atom is -0.351 e. The van der Waals surface area contributed by atoms with E-state index in [-0.39, 0.29) is 17.3 Å². The highest BCUT2D eigenvalue weighted by Crippen LogP contribution is 2.25. The van der Waals surface area contributed by atoms with E-state index in [1.807, 2.05) is 31.2 Å². The Morgan fingerprint density at radius 2 is 1.93 bits per heavy atom. The van der Waals surface area contributed by atoms with Gasteiger partial charge in [-0.1, -0.05) is 36.2 Å². The van der Waals surface area contributed by atoms with Gasteiger partial charge in [-0.3, -0.25) is 4.79 Å². The first-order valence-electron chi connectivity index (χ1n) is 8.98.